The number of benzene rings is 11. The van der Waals surface area contributed by atoms with Gasteiger partial charge < -0.3 is 9.80 Å². The highest BCUT2D eigenvalue weighted by Gasteiger charge is 2.53. The summed E-state index contributed by atoms with van der Waals surface area (Å²) >= 11 is 0. The van der Waals surface area contributed by atoms with Crippen LogP contribution in [0.5, 0.6) is 0 Å². The largest absolute Gasteiger partial charge is 0.310 e. The fourth-order valence-electron chi connectivity index (χ4n) is 11.7. The summed E-state index contributed by atoms with van der Waals surface area (Å²) in [5, 5.41) is 8.99. The molecule has 0 saturated carbocycles. The van der Waals surface area contributed by atoms with E-state index in [1.165, 1.54) is 87.6 Å². The van der Waals surface area contributed by atoms with Gasteiger partial charge in [-0.25, -0.2) is 0 Å². The minimum atomic E-state index is -1.48. The van der Waals surface area contributed by atoms with Crippen molar-refractivity contribution in [1.29, 1.82) is 0 Å². The first kappa shape index (κ1) is 40.3. The highest BCUT2D eigenvalue weighted by Crippen LogP contribution is 2.66. The first-order chi connectivity index (χ1) is 33.3. The van der Waals surface area contributed by atoms with Crippen molar-refractivity contribution in [3.63, 3.8) is 0 Å². The molecule has 0 bridgehead atoms. The molecule has 11 aromatic carbocycles. The predicted molar refractivity (Wildman–Crippen MR) is 292 cm³/mol. The van der Waals surface area contributed by atoms with Crippen molar-refractivity contribution in [2.75, 3.05) is 9.80 Å². The summed E-state index contributed by atoms with van der Waals surface area (Å²) in [7, 11) is -1.48. The number of fused-ring (bicyclic) bond motifs is 16. The second-order valence-electron chi connectivity index (χ2n) is 19.8. The molecule has 2 nitrogen and oxygen atoms in total. The van der Waals surface area contributed by atoms with E-state index >= 15 is 0 Å². The summed E-state index contributed by atoms with van der Waals surface area (Å²) in [6.07, 6.45) is 0. The lowest BCUT2D eigenvalue weighted by Gasteiger charge is -2.32. The van der Waals surface area contributed by atoms with E-state index in [2.05, 4.69) is 267 Å². The number of anilines is 6. The Morgan fingerprint density at radius 2 is 0.838 bits per heavy atom. The molecular formula is C65H50N2Si. The monoisotopic (exact) mass is 886 g/mol. The summed E-state index contributed by atoms with van der Waals surface area (Å²) in [4.78, 5) is 4.81. The van der Waals surface area contributed by atoms with Crippen LogP contribution in [0, 0.1) is 6.92 Å². The molecule has 0 saturated heterocycles. The molecule has 2 aliphatic carbocycles. The van der Waals surface area contributed by atoms with E-state index in [0.717, 1.165) is 34.1 Å². The summed E-state index contributed by atoms with van der Waals surface area (Å²) in [6, 6.07) is 86.7. The van der Waals surface area contributed by atoms with Crippen LogP contribution in [-0.2, 0) is 5.41 Å². The average Bonchev–Trinajstić information content (AvgIpc) is 3.84. The third-order valence-corrected chi connectivity index (χ3v) is 16.9. The topological polar surface area (TPSA) is 6.48 Å². The van der Waals surface area contributed by atoms with Crippen LogP contribution in [0.1, 0.15) is 27.8 Å². The van der Waals surface area contributed by atoms with Crippen LogP contribution < -0.4 is 15.0 Å². The number of hydrogen-bond donors (Lipinski definition) is 0. The maximum atomic E-state index is 2.55. The SMILES string of the molecule is Cc1ccc(N(c2ccccc2)c2ccc3c4c(c5ccccc5c3c2)-c2cc3ccc(N(c5ccccc5)c5ccc([Si](C)(C)C)cc5)cc3cc2C42c3ccccc3-c3ccccc32)cc1. The minimum absolute atomic E-state index is 0.562. The van der Waals surface area contributed by atoms with Gasteiger partial charge in [-0.1, -0.05) is 176 Å². The normalized spacial score (nSPS) is 13.1. The maximum absolute atomic E-state index is 2.55. The van der Waals surface area contributed by atoms with Gasteiger partial charge in [0.2, 0.25) is 0 Å². The van der Waals surface area contributed by atoms with Crippen LogP contribution in [0.15, 0.2) is 231 Å². The zero-order chi connectivity index (χ0) is 45.7. The first-order valence-electron chi connectivity index (χ1n) is 23.9. The van der Waals surface area contributed by atoms with Crippen molar-refractivity contribution in [2.24, 2.45) is 0 Å². The predicted octanol–water partition coefficient (Wildman–Crippen LogP) is 17.3. The molecule has 0 aliphatic heterocycles. The molecule has 324 valence electrons. The molecule has 0 unspecified atom stereocenters. The molecule has 0 N–H and O–H groups in total. The Hall–Kier alpha value is -7.98. The lowest BCUT2D eigenvalue weighted by molar-refractivity contribution is 0.803. The lowest BCUT2D eigenvalue weighted by atomic mass is 9.69. The fraction of sp³-hybridized carbons (Fsp3) is 0.0769. The first-order valence-corrected chi connectivity index (χ1v) is 27.4. The third kappa shape index (κ3) is 6.02. The Morgan fingerprint density at radius 1 is 0.338 bits per heavy atom. The van der Waals surface area contributed by atoms with Crippen molar-refractivity contribution >= 4 is 79.7 Å². The summed E-state index contributed by atoms with van der Waals surface area (Å²) in [5.74, 6) is 0. The summed E-state index contributed by atoms with van der Waals surface area (Å²) in [6.45, 7) is 9.40. The van der Waals surface area contributed by atoms with Crippen LogP contribution in [0.3, 0.4) is 0 Å². The number of rotatable bonds is 7. The molecule has 1 spiro atoms. The van der Waals surface area contributed by atoms with Gasteiger partial charge in [0.05, 0.1) is 13.5 Å². The number of para-hydroxylation sites is 2. The van der Waals surface area contributed by atoms with Gasteiger partial charge in [0.25, 0.3) is 0 Å². The van der Waals surface area contributed by atoms with E-state index in [4.69, 9.17) is 0 Å². The smallest absolute Gasteiger partial charge is 0.0775 e. The van der Waals surface area contributed by atoms with Crippen molar-refractivity contribution in [1.82, 2.24) is 0 Å². The van der Waals surface area contributed by atoms with Gasteiger partial charge in [-0.05, 0) is 169 Å². The quantitative estimate of drug-likeness (QED) is 0.116. The van der Waals surface area contributed by atoms with Crippen molar-refractivity contribution in [2.45, 2.75) is 32.0 Å². The molecular weight excluding hydrogens is 837 g/mol. The van der Waals surface area contributed by atoms with E-state index < -0.39 is 13.5 Å². The van der Waals surface area contributed by atoms with Crippen LogP contribution in [0.25, 0.3) is 54.6 Å². The molecule has 68 heavy (non-hydrogen) atoms. The molecule has 0 heterocycles. The van der Waals surface area contributed by atoms with Crippen LogP contribution in [-0.4, -0.2) is 8.07 Å². The van der Waals surface area contributed by atoms with Gasteiger partial charge in [0.15, 0.2) is 0 Å². The van der Waals surface area contributed by atoms with Crippen LogP contribution in [0.2, 0.25) is 19.6 Å². The van der Waals surface area contributed by atoms with E-state index in [1.807, 2.05) is 0 Å². The molecule has 2 aliphatic rings. The van der Waals surface area contributed by atoms with Gasteiger partial charge in [-0.15, -0.1) is 0 Å². The van der Waals surface area contributed by atoms with Crippen LogP contribution in [0.4, 0.5) is 34.1 Å². The summed E-state index contributed by atoms with van der Waals surface area (Å²) in [5.41, 5.74) is 18.2. The Balaban J connectivity index is 1.09. The van der Waals surface area contributed by atoms with Crippen molar-refractivity contribution < 1.29 is 0 Å². The second-order valence-corrected chi connectivity index (χ2v) is 24.8. The molecule has 3 heteroatoms. The van der Waals surface area contributed by atoms with Gasteiger partial charge in [-0.3, -0.25) is 0 Å². The van der Waals surface area contributed by atoms with Gasteiger partial charge in [0.1, 0.15) is 0 Å². The fourth-order valence-corrected chi connectivity index (χ4v) is 12.9. The van der Waals surface area contributed by atoms with Gasteiger partial charge in [-0.2, -0.15) is 0 Å². The Bertz CT molecular complexity index is 3730. The second kappa shape index (κ2) is 15.3. The molecule has 0 fully saturated rings. The van der Waals surface area contributed by atoms with Gasteiger partial charge in [0, 0.05) is 34.1 Å². The molecule has 0 aromatic heterocycles. The number of aryl methyl sites for hydroxylation is 1. The zero-order valence-electron chi connectivity index (χ0n) is 38.8. The van der Waals surface area contributed by atoms with E-state index in [9.17, 15) is 0 Å². The molecule has 0 atom stereocenters. The minimum Gasteiger partial charge on any atom is -0.310 e. The molecule has 13 rings (SSSR count). The third-order valence-electron chi connectivity index (χ3n) is 14.8. The molecule has 0 radical (unpaired) electrons. The van der Waals surface area contributed by atoms with E-state index in [-0.39, 0.29) is 0 Å². The molecule has 0 amide bonds. The standard InChI is InChI=1S/C65H50N2Si/c1-43-27-30-48(31-28-43)67(47-19-9-6-10-20-47)51-35-38-57-58(42-51)53-21-11-12-24-56(53)63-59-40-44-29-32-50(66(46-17-7-5-8-18-46)49-33-36-52(37-34-49)68(2,3)4)39-45(44)41-62(59)65(64(57)63)60-25-15-13-22-54(60)55-23-14-16-26-61(55)65/h5-42H,1-4H3. The van der Waals surface area contributed by atoms with E-state index in [1.54, 1.807) is 0 Å². The Morgan fingerprint density at radius 3 is 1.46 bits per heavy atom. The maximum Gasteiger partial charge on any atom is 0.0775 e. The van der Waals surface area contributed by atoms with Crippen LogP contribution >= 0.6 is 0 Å². The Kier molecular flexibility index (Phi) is 9.06. The number of hydrogen-bond acceptors (Lipinski definition) is 2. The zero-order valence-corrected chi connectivity index (χ0v) is 39.8. The highest BCUT2D eigenvalue weighted by molar-refractivity contribution is 6.88. The Labute approximate surface area is 400 Å². The average molecular weight is 887 g/mol. The lowest BCUT2D eigenvalue weighted by Crippen LogP contribution is -2.37. The molecule has 11 aromatic rings. The highest BCUT2D eigenvalue weighted by atomic mass is 28.3. The number of nitrogens with zero attached hydrogens (tertiary/aromatic N) is 2. The van der Waals surface area contributed by atoms with E-state index in [0.29, 0.717) is 0 Å². The van der Waals surface area contributed by atoms with Crippen molar-refractivity contribution in [3.05, 3.63) is 258 Å². The van der Waals surface area contributed by atoms with Crippen molar-refractivity contribution in [3.8, 4) is 22.3 Å². The summed E-state index contributed by atoms with van der Waals surface area (Å²) < 4.78 is 0. The van der Waals surface area contributed by atoms with Gasteiger partial charge >= 0.3 is 0 Å².